The van der Waals surface area contributed by atoms with Gasteiger partial charge in [-0.1, -0.05) is 0 Å². The van der Waals surface area contributed by atoms with Gasteiger partial charge in [0, 0.05) is 13.3 Å². The zero-order valence-corrected chi connectivity index (χ0v) is 6.53. The van der Waals surface area contributed by atoms with Gasteiger partial charge in [0.1, 0.15) is 0 Å². The number of H-pyrrole nitrogens is 1. The van der Waals surface area contributed by atoms with Crippen LogP contribution in [-0.4, -0.2) is 16.8 Å². The molecule has 0 saturated carbocycles. The first-order valence-electron chi connectivity index (χ1n) is 3.24. The number of hydrogen-bond acceptors (Lipinski definition) is 4. The van der Waals surface area contributed by atoms with Crippen LogP contribution in [0.25, 0.3) is 0 Å². The molecule has 0 aliphatic rings. The van der Waals surface area contributed by atoms with Crippen LogP contribution in [0.1, 0.15) is 5.56 Å². The fourth-order valence-electron chi connectivity index (χ4n) is 0.786. The Hall–Kier alpha value is -1.56. The van der Waals surface area contributed by atoms with Gasteiger partial charge in [-0.3, -0.25) is 4.79 Å². The SMILES string of the molecule is COCc1c[nH]c(=O)n(N)c1=O. The van der Waals surface area contributed by atoms with Crippen molar-refractivity contribution in [2.75, 3.05) is 13.0 Å². The summed E-state index contributed by atoms with van der Waals surface area (Å²) in [4.78, 5) is 24.2. The molecule has 0 aliphatic carbocycles. The van der Waals surface area contributed by atoms with E-state index in [1.807, 2.05) is 0 Å². The molecule has 1 rings (SSSR count). The molecule has 3 N–H and O–H groups in total. The topological polar surface area (TPSA) is 90.1 Å². The molecule has 0 atom stereocenters. The van der Waals surface area contributed by atoms with Gasteiger partial charge >= 0.3 is 5.69 Å². The molecule has 0 unspecified atom stereocenters. The standard InChI is InChI=1S/C6H9N3O3/c1-12-3-4-2-8-6(11)9(7)5(4)10/h2H,3,7H2,1H3,(H,8,11). The minimum atomic E-state index is -0.639. The van der Waals surface area contributed by atoms with Crippen molar-refractivity contribution in [3.05, 3.63) is 32.6 Å². The highest BCUT2D eigenvalue weighted by molar-refractivity contribution is 5.02. The number of rotatable bonds is 2. The van der Waals surface area contributed by atoms with Crippen molar-refractivity contribution in [2.24, 2.45) is 0 Å². The third-order valence-corrected chi connectivity index (χ3v) is 1.38. The van der Waals surface area contributed by atoms with Gasteiger partial charge in [0.05, 0.1) is 12.2 Å². The van der Waals surface area contributed by atoms with Crippen molar-refractivity contribution in [1.29, 1.82) is 0 Å². The number of aromatic amines is 1. The Morgan fingerprint density at radius 2 is 2.33 bits per heavy atom. The summed E-state index contributed by atoms with van der Waals surface area (Å²) in [5.41, 5.74) is -0.861. The molecule has 0 amide bonds. The van der Waals surface area contributed by atoms with E-state index in [0.29, 0.717) is 10.2 Å². The summed E-state index contributed by atoms with van der Waals surface area (Å²) >= 11 is 0. The van der Waals surface area contributed by atoms with Crippen LogP contribution >= 0.6 is 0 Å². The second kappa shape index (κ2) is 3.22. The second-order valence-corrected chi connectivity index (χ2v) is 2.23. The fraction of sp³-hybridized carbons (Fsp3) is 0.333. The van der Waals surface area contributed by atoms with Crippen LogP contribution in [0.4, 0.5) is 0 Å². The van der Waals surface area contributed by atoms with E-state index < -0.39 is 11.2 Å². The molecule has 1 aromatic heterocycles. The molecule has 6 heteroatoms. The summed E-state index contributed by atoms with van der Waals surface area (Å²) in [5.74, 6) is 5.12. The Bertz CT molecular complexity index is 378. The van der Waals surface area contributed by atoms with Crippen molar-refractivity contribution < 1.29 is 4.74 Å². The highest BCUT2D eigenvalue weighted by atomic mass is 16.5. The predicted octanol–water partition coefficient (Wildman–Crippen LogP) is -1.60. The van der Waals surface area contributed by atoms with Gasteiger partial charge in [-0.05, 0) is 0 Å². The molecule has 12 heavy (non-hydrogen) atoms. The van der Waals surface area contributed by atoms with E-state index in [-0.39, 0.29) is 6.61 Å². The molecule has 0 saturated heterocycles. The Morgan fingerprint density at radius 3 is 2.92 bits per heavy atom. The fourth-order valence-corrected chi connectivity index (χ4v) is 0.786. The van der Waals surface area contributed by atoms with Crippen LogP contribution in [0.2, 0.25) is 0 Å². The lowest BCUT2D eigenvalue weighted by Crippen LogP contribution is -2.42. The van der Waals surface area contributed by atoms with Crippen LogP contribution < -0.4 is 17.1 Å². The lowest BCUT2D eigenvalue weighted by molar-refractivity contribution is 0.183. The smallest absolute Gasteiger partial charge is 0.347 e. The zero-order valence-electron chi connectivity index (χ0n) is 6.53. The first-order chi connectivity index (χ1) is 5.66. The summed E-state index contributed by atoms with van der Waals surface area (Å²) in [5, 5.41) is 0. The Labute approximate surface area is 67.6 Å². The maximum atomic E-state index is 11.1. The molecule has 0 aromatic carbocycles. The summed E-state index contributed by atoms with van der Waals surface area (Å²) in [6.07, 6.45) is 1.29. The molecule has 1 aromatic rings. The highest BCUT2D eigenvalue weighted by Gasteiger charge is 2.02. The first-order valence-corrected chi connectivity index (χ1v) is 3.24. The van der Waals surface area contributed by atoms with Gasteiger partial charge in [-0.15, -0.1) is 0 Å². The summed E-state index contributed by atoms with van der Waals surface area (Å²) in [7, 11) is 1.45. The van der Waals surface area contributed by atoms with Gasteiger partial charge in [0.15, 0.2) is 0 Å². The van der Waals surface area contributed by atoms with E-state index in [4.69, 9.17) is 10.6 Å². The van der Waals surface area contributed by atoms with Gasteiger partial charge in [0.25, 0.3) is 5.56 Å². The predicted molar refractivity (Wildman–Crippen MR) is 42.2 cm³/mol. The summed E-state index contributed by atoms with van der Waals surface area (Å²) in [6.45, 7) is 0.132. The zero-order chi connectivity index (χ0) is 9.14. The lowest BCUT2D eigenvalue weighted by Gasteiger charge is -1.99. The molecule has 6 nitrogen and oxygen atoms in total. The molecule has 0 fully saturated rings. The molecule has 0 bridgehead atoms. The second-order valence-electron chi connectivity index (χ2n) is 2.23. The Morgan fingerprint density at radius 1 is 1.67 bits per heavy atom. The van der Waals surface area contributed by atoms with Crippen LogP contribution in [-0.2, 0) is 11.3 Å². The quantitative estimate of drug-likeness (QED) is 0.524. The third kappa shape index (κ3) is 1.37. The van der Waals surface area contributed by atoms with E-state index in [9.17, 15) is 9.59 Å². The number of ether oxygens (including phenoxy) is 1. The highest BCUT2D eigenvalue weighted by Crippen LogP contribution is 1.86. The number of nitrogens with zero attached hydrogens (tertiary/aromatic N) is 1. The van der Waals surface area contributed by atoms with E-state index in [1.165, 1.54) is 13.3 Å². The van der Waals surface area contributed by atoms with Crippen molar-refractivity contribution in [1.82, 2.24) is 9.66 Å². The van der Waals surface area contributed by atoms with E-state index in [2.05, 4.69) is 4.98 Å². The Balaban J connectivity index is 3.27. The third-order valence-electron chi connectivity index (χ3n) is 1.38. The number of aromatic nitrogens is 2. The molecule has 0 radical (unpaired) electrons. The molecule has 1 heterocycles. The average molecular weight is 171 g/mol. The van der Waals surface area contributed by atoms with Crippen molar-refractivity contribution in [3.8, 4) is 0 Å². The van der Waals surface area contributed by atoms with Gasteiger partial charge < -0.3 is 15.6 Å². The van der Waals surface area contributed by atoms with Crippen molar-refractivity contribution >= 4 is 0 Å². The van der Waals surface area contributed by atoms with Gasteiger partial charge in [0.2, 0.25) is 0 Å². The summed E-state index contributed by atoms with van der Waals surface area (Å²) < 4.78 is 5.22. The molecule has 0 spiro atoms. The van der Waals surface area contributed by atoms with Crippen LogP contribution in [0.5, 0.6) is 0 Å². The van der Waals surface area contributed by atoms with Gasteiger partial charge in [-0.2, -0.15) is 4.68 Å². The maximum Gasteiger partial charge on any atom is 0.347 e. The number of nitrogens with one attached hydrogen (secondary N) is 1. The van der Waals surface area contributed by atoms with Crippen LogP contribution in [0.15, 0.2) is 15.8 Å². The molecule has 0 aliphatic heterocycles. The van der Waals surface area contributed by atoms with Crippen molar-refractivity contribution in [3.63, 3.8) is 0 Å². The first kappa shape index (κ1) is 8.54. The summed E-state index contributed by atoms with van der Waals surface area (Å²) in [6, 6.07) is 0. The molecular formula is C6H9N3O3. The Kier molecular flexibility index (Phi) is 2.29. The van der Waals surface area contributed by atoms with E-state index in [0.717, 1.165) is 0 Å². The normalized spacial score (nSPS) is 10.1. The van der Waals surface area contributed by atoms with E-state index in [1.54, 1.807) is 0 Å². The minimum absolute atomic E-state index is 0.132. The number of nitrogens with two attached hydrogens (primary N) is 1. The number of hydrogen-bond donors (Lipinski definition) is 2. The number of nitrogen functional groups attached to an aromatic ring is 1. The largest absolute Gasteiger partial charge is 0.380 e. The maximum absolute atomic E-state index is 11.1. The average Bonchev–Trinajstić information content (AvgIpc) is 2.07. The monoisotopic (exact) mass is 171 g/mol. The molecule has 66 valence electrons. The molecular weight excluding hydrogens is 162 g/mol. The van der Waals surface area contributed by atoms with E-state index >= 15 is 0 Å². The van der Waals surface area contributed by atoms with Gasteiger partial charge in [-0.25, -0.2) is 4.79 Å². The van der Waals surface area contributed by atoms with Crippen LogP contribution in [0.3, 0.4) is 0 Å². The minimum Gasteiger partial charge on any atom is -0.380 e. The van der Waals surface area contributed by atoms with Crippen molar-refractivity contribution in [2.45, 2.75) is 6.61 Å². The van der Waals surface area contributed by atoms with Crippen LogP contribution in [0, 0.1) is 0 Å². The lowest BCUT2D eigenvalue weighted by atomic mass is 10.4. The number of methoxy groups -OCH3 is 1.